The third-order valence-electron chi connectivity index (χ3n) is 11.2. The molecular weight excluding hydrogens is 599 g/mol. The maximum Gasteiger partial charge on any atom is 0.314 e. The van der Waals surface area contributed by atoms with E-state index in [2.05, 4.69) is 29.5 Å². The van der Waals surface area contributed by atoms with Gasteiger partial charge in [0, 0.05) is 10.3 Å². The van der Waals surface area contributed by atoms with Gasteiger partial charge in [-0.3, -0.25) is 9.59 Å². The van der Waals surface area contributed by atoms with Crippen LogP contribution in [0.15, 0.2) is 24.0 Å². The summed E-state index contributed by atoms with van der Waals surface area (Å²) >= 11 is 2.61. The van der Waals surface area contributed by atoms with Crippen molar-refractivity contribution in [3.63, 3.8) is 0 Å². The Morgan fingerprint density at radius 2 is 1.18 bits per heavy atom. The highest BCUT2D eigenvalue weighted by Gasteiger charge is 2.37. The minimum Gasteiger partial charge on any atom is -0.455 e. The first-order valence-corrected chi connectivity index (χ1v) is 17.5. The van der Waals surface area contributed by atoms with Gasteiger partial charge >= 0.3 is 11.9 Å². The number of esters is 2. The standard InChI is InChI=1S/C34H51IO4/c1-23-3-5-24(6-4-23)25-7-11-28(12-8-25)32(36)38-31-19-21-34(2,22-20-31)39-33(37)29-13-9-26(10-14-29)27-15-17-30(35)18-16-27/h19-21,23-30H,3-18,22H2,1-2H3. The topological polar surface area (TPSA) is 52.6 Å². The molecule has 0 bridgehead atoms. The fraction of sp³-hybridized carbons (Fsp3) is 0.824. The lowest BCUT2D eigenvalue weighted by Crippen LogP contribution is -2.36. The molecule has 5 heteroatoms. The Morgan fingerprint density at radius 1 is 0.718 bits per heavy atom. The molecule has 0 radical (unpaired) electrons. The number of hydrogen-bond donors (Lipinski definition) is 0. The zero-order valence-corrected chi connectivity index (χ0v) is 26.5. The molecule has 4 nitrogen and oxygen atoms in total. The quantitative estimate of drug-likeness (QED) is 0.164. The highest BCUT2D eigenvalue weighted by Crippen LogP contribution is 2.43. The molecule has 4 saturated carbocycles. The molecule has 0 aromatic carbocycles. The summed E-state index contributed by atoms with van der Waals surface area (Å²) in [6, 6.07) is 0. The van der Waals surface area contributed by atoms with Crippen molar-refractivity contribution >= 4 is 34.5 Å². The van der Waals surface area contributed by atoms with Crippen LogP contribution >= 0.6 is 22.6 Å². The van der Waals surface area contributed by atoms with E-state index in [-0.39, 0.29) is 23.8 Å². The number of carbonyl (C=O) groups excluding carboxylic acids is 2. The van der Waals surface area contributed by atoms with Crippen LogP contribution in [0.25, 0.3) is 0 Å². The van der Waals surface area contributed by atoms with Gasteiger partial charge in [0.25, 0.3) is 0 Å². The molecular formula is C34H51IO4. The van der Waals surface area contributed by atoms with E-state index in [9.17, 15) is 9.59 Å². The second kappa shape index (κ2) is 13.4. The number of hydrogen-bond acceptors (Lipinski definition) is 4. The fourth-order valence-electron chi connectivity index (χ4n) is 8.32. The molecule has 0 amide bonds. The van der Waals surface area contributed by atoms with Crippen LogP contribution in [-0.2, 0) is 19.1 Å². The third kappa shape index (κ3) is 7.92. The molecule has 4 fully saturated rings. The summed E-state index contributed by atoms with van der Waals surface area (Å²) < 4.78 is 12.7. The molecule has 0 aromatic rings. The molecule has 5 aliphatic carbocycles. The van der Waals surface area contributed by atoms with Crippen molar-refractivity contribution in [2.24, 2.45) is 41.4 Å². The van der Waals surface area contributed by atoms with Gasteiger partial charge in [0.1, 0.15) is 11.4 Å². The Hall–Kier alpha value is -0.850. The van der Waals surface area contributed by atoms with E-state index in [0.29, 0.717) is 12.2 Å². The van der Waals surface area contributed by atoms with E-state index in [1.165, 1.54) is 77.0 Å². The third-order valence-corrected chi connectivity index (χ3v) is 12.4. The fourth-order valence-corrected chi connectivity index (χ4v) is 9.04. The van der Waals surface area contributed by atoms with Crippen molar-refractivity contribution in [3.05, 3.63) is 24.0 Å². The first-order chi connectivity index (χ1) is 18.8. The molecule has 5 aliphatic rings. The summed E-state index contributed by atoms with van der Waals surface area (Å²) in [5.41, 5.74) is -0.655. The minimum absolute atomic E-state index is 0.0240. The maximum atomic E-state index is 13.1. The van der Waals surface area contributed by atoms with E-state index < -0.39 is 5.60 Å². The smallest absolute Gasteiger partial charge is 0.314 e. The zero-order valence-electron chi connectivity index (χ0n) is 24.4. The molecule has 0 aliphatic heterocycles. The molecule has 1 unspecified atom stereocenters. The number of rotatable bonds is 6. The Bertz CT molecular complexity index is 894. The minimum atomic E-state index is -0.655. The van der Waals surface area contributed by atoms with Crippen LogP contribution in [0.5, 0.6) is 0 Å². The van der Waals surface area contributed by atoms with Crippen molar-refractivity contribution in [2.75, 3.05) is 0 Å². The molecule has 0 aromatic heterocycles. The highest BCUT2D eigenvalue weighted by atomic mass is 127. The first kappa shape index (κ1) is 29.6. The van der Waals surface area contributed by atoms with Crippen LogP contribution in [0.3, 0.4) is 0 Å². The molecule has 0 N–H and O–H groups in total. The molecule has 0 heterocycles. The molecule has 0 saturated heterocycles. The number of alkyl halides is 1. The number of halogens is 1. The van der Waals surface area contributed by atoms with Crippen molar-refractivity contribution in [1.29, 1.82) is 0 Å². The average Bonchev–Trinajstić information content (AvgIpc) is 2.95. The Morgan fingerprint density at radius 3 is 1.67 bits per heavy atom. The van der Waals surface area contributed by atoms with Crippen molar-refractivity contribution in [3.8, 4) is 0 Å². The zero-order chi connectivity index (χ0) is 27.4. The Kier molecular flexibility index (Phi) is 10.2. The van der Waals surface area contributed by atoms with Crippen LogP contribution < -0.4 is 0 Å². The molecule has 218 valence electrons. The summed E-state index contributed by atoms with van der Waals surface area (Å²) in [6.45, 7) is 4.35. The highest BCUT2D eigenvalue weighted by molar-refractivity contribution is 14.1. The lowest BCUT2D eigenvalue weighted by Gasteiger charge is -2.37. The lowest BCUT2D eigenvalue weighted by molar-refractivity contribution is -0.160. The number of carbonyl (C=O) groups is 2. The largest absolute Gasteiger partial charge is 0.455 e. The van der Waals surface area contributed by atoms with E-state index in [1.807, 2.05) is 25.2 Å². The summed E-state index contributed by atoms with van der Waals surface area (Å²) in [7, 11) is 0. The lowest BCUT2D eigenvalue weighted by atomic mass is 9.69. The summed E-state index contributed by atoms with van der Waals surface area (Å²) in [4.78, 5) is 26.0. The second-order valence-corrected chi connectivity index (χ2v) is 15.8. The Balaban J connectivity index is 1.02. The summed E-state index contributed by atoms with van der Waals surface area (Å²) in [5.74, 6) is 4.78. The van der Waals surface area contributed by atoms with Crippen LogP contribution in [0.1, 0.15) is 123 Å². The van der Waals surface area contributed by atoms with Gasteiger partial charge in [0.05, 0.1) is 11.8 Å². The number of ether oxygens (including phenoxy) is 2. The molecule has 5 rings (SSSR count). The van der Waals surface area contributed by atoms with Crippen molar-refractivity contribution < 1.29 is 19.1 Å². The molecule has 1 atom stereocenters. The van der Waals surface area contributed by atoms with Gasteiger partial charge in [-0.1, -0.05) is 42.4 Å². The van der Waals surface area contributed by atoms with Crippen molar-refractivity contribution in [2.45, 2.75) is 133 Å². The normalized spacial score (nSPS) is 41.4. The van der Waals surface area contributed by atoms with Crippen molar-refractivity contribution in [1.82, 2.24) is 0 Å². The van der Waals surface area contributed by atoms with Gasteiger partial charge in [-0.25, -0.2) is 0 Å². The van der Waals surface area contributed by atoms with Crippen LogP contribution in [0.4, 0.5) is 0 Å². The predicted molar refractivity (Wildman–Crippen MR) is 164 cm³/mol. The van der Waals surface area contributed by atoms with Gasteiger partial charge in [0.15, 0.2) is 0 Å². The van der Waals surface area contributed by atoms with Gasteiger partial charge < -0.3 is 9.47 Å². The van der Waals surface area contributed by atoms with Gasteiger partial charge in [-0.2, -0.15) is 0 Å². The second-order valence-electron chi connectivity index (χ2n) is 14.1. The van der Waals surface area contributed by atoms with Gasteiger partial charge in [-0.15, -0.1) is 0 Å². The molecule has 39 heavy (non-hydrogen) atoms. The summed E-state index contributed by atoms with van der Waals surface area (Å²) in [5, 5.41) is 0. The monoisotopic (exact) mass is 650 g/mol. The van der Waals surface area contributed by atoms with E-state index in [4.69, 9.17) is 9.47 Å². The number of allylic oxidation sites excluding steroid dienone is 1. The van der Waals surface area contributed by atoms with Crippen LogP contribution in [0.2, 0.25) is 0 Å². The predicted octanol–water partition coefficient (Wildman–Crippen LogP) is 9.11. The first-order valence-electron chi connectivity index (χ1n) is 16.3. The van der Waals surface area contributed by atoms with E-state index in [1.54, 1.807) is 0 Å². The van der Waals surface area contributed by atoms with Crippen LogP contribution in [-0.4, -0.2) is 21.5 Å². The van der Waals surface area contributed by atoms with Gasteiger partial charge in [-0.05, 0) is 145 Å². The average molecular weight is 651 g/mol. The maximum absolute atomic E-state index is 13.1. The molecule has 0 spiro atoms. The van der Waals surface area contributed by atoms with Gasteiger partial charge in [0.2, 0.25) is 0 Å². The van der Waals surface area contributed by atoms with E-state index in [0.717, 1.165) is 59.2 Å². The Labute approximate surface area is 250 Å². The van der Waals surface area contributed by atoms with E-state index >= 15 is 0 Å². The summed E-state index contributed by atoms with van der Waals surface area (Å²) in [6.07, 6.45) is 25.8. The van der Waals surface area contributed by atoms with Crippen LogP contribution in [0, 0.1) is 41.4 Å². The SMILES string of the molecule is CC1CCC(C2CCC(C(=O)OC3=CCC(C)(OC(=O)C4CCC(C5CCC(I)CC5)CC4)C=C3)CC2)CC1.